The minimum Gasteiger partial charge on any atom is -0.458 e. The summed E-state index contributed by atoms with van der Waals surface area (Å²) in [6.07, 6.45) is 2.05. The van der Waals surface area contributed by atoms with Gasteiger partial charge in [0.2, 0.25) is 5.91 Å². The normalized spacial score (nSPS) is 20.5. The number of esters is 1. The molecule has 0 unspecified atom stereocenters. The van der Waals surface area contributed by atoms with Gasteiger partial charge in [-0.25, -0.2) is 4.79 Å². The van der Waals surface area contributed by atoms with Crippen molar-refractivity contribution in [3.05, 3.63) is 0 Å². The lowest BCUT2D eigenvalue weighted by Crippen LogP contribution is -2.44. The molecule has 0 aliphatic carbocycles. The molecule has 0 saturated carbocycles. The molecule has 110 valence electrons. The summed E-state index contributed by atoms with van der Waals surface area (Å²) in [6.45, 7) is 12.3. The molecule has 1 rings (SSSR count). The van der Waals surface area contributed by atoms with E-state index in [1.54, 1.807) is 4.90 Å². The SMILES string of the molecule is CC(C)(C)CC(=O)N1CCC[C@@H]1C(=O)OC(C)(C)C. The van der Waals surface area contributed by atoms with Crippen LogP contribution in [0.1, 0.15) is 60.8 Å². The van der Waals surface area contributed by atoms with Gasteiger partial charge in [0.25, 0.3) is 0 Å². The van der Waals surface area contributed by atoms with E-state index in [0.717, 1.165) is 6.42 Å². The molecule has 1 heterocycles. The zero-order chi connectivity index (χ0) is 14.8. The third kappa shape index (κ3) is 5.21. The van der Waals surface area contributed by atoms with Gasteiger partial charge in [-0.15, -0.1) is 0 Å². The lowest BCUT2D eigenvalue weighted by atomic mass is 9.91. The monoisotopic (exact) mass is 269 g/mol. The van der Waals surface area contributed by atoms with E-state index in [9.17, 15) is 9.59 Å². The van der Waals surface area contributed by atoms with Crippen molar-refractivity contribution in [3.63, 3.8) is 0 Å². The summed E-state index contributed by atoms with van der Waals surface area (Å²) in [7, 11) is 0. The van der Waals surface area contributed by atoms with Crippen molar-refractivity contribution >= 4 is 11.9 Å². The Morgan fingerprint density at radius 1 is 1.16 bits per heavy atom. The fourth-order valence-electron chi connectivity index (χ4n) is 2.24. The maximum atomic E-state index is 12.3. The molecule has 0 aromatic heterocycles. The topological polar surface area (TPSA) is 46.6 Å². The fraction of sp³-hybridized carbons (Fsp3) is 0.867. The van der Waals surface area contributed by atoms with Gasteiger partial charge in [-0.3, -0.25) is 4.79 Å². The lowest BCUT2D eigenvalue weighted by molar-refractivity contribution is -0.163. The number of rotatable bonds is 2. The van der Waals surface area contributed by atoms with Gasteiger partial charge in [0.15, 0.2) is 0 Å². The van der Waals surface area contributed by atoms with Crippen LogP contribution in [-0.4, -0.2) is 35.0 Å². The maximum Gasteiger partial charge on any atom is 0.329 e. The van der Waals surface area contributed by atoms with Crippen LogP contribution >= 0.6 is 0 Å². The zero-order valence-corrected chi connectivity index (χ0v) is 13.1. The van der Waals surface area contributed by atoms with E-state index in [1.807, 2.05) is 41.5 Å². The minimum atomic E-state index is -0.502. The quantitative estimate of drug-likeness (QED) is 0.724. The summed E-state index contributed by atoms with van der Waals surface area (Å²) in [4.78, 5) is 26.1. The van der Waals surface area contributed by atoms with Crippen LogP contribution in [0, 0.1) is 5.41 Å². The Hall–Kier alpha value is -1.06. The van der Waals surface area contributed by atoms with E-state index in [2.05, 4.69) is 0 Å². The van der Waals surface area contributed by atoms with Crippen molar-refractivity contribution in [1.82, 2.24) is 4.90 Å². The van der Waals surface area contributed by atoms with Crippen LogP contribution in [0.4, 0.5) is 0 Å². The summed E-state index contributed by atoms with van der Waals surface area (Å²) < 4.78 is 5.40. The molecule has 0 bridgehead atoms. The Kier molecular flexibility index (Phi) is 4.64. The third-order valence-corrected chi connectivity index (χ3v) is 2.93. The second-order valence-corrected chi connectivity index (χ2v) is 7.52. The molecule has 1 atom stereocenters. The molecule has 0 aromatic carbocycles. The van der Waals surface area contributed by atoms with Gasteiger partial charge in [-0.1, -0.05) is 20.8 Å². The lowest BCUT2D eigenvalue weighted by Gasteiger charge is -2.29. The van der Waals surface area contributed by atoms with E-state index in [-0.39, 0.29) is 17.3 Å². The first-order chi connectivity index (χ1) is 8.49. The molecule has 0 aromatic rings. The van der Waals surface area contributed by atoms with Gasteiger partial charge < -0.3 is 9.64 Å². The van der Waals surface area contributed by atoms with Crippen molar-refractivity contribution in [3.8, 4) is 0 Å². The number of nitrogens with zero attached hydrogens (tertiary/aromatic N) is 1. The third-order valence-electron chi connectivity index (χ3n) is 2.93. The summed E-state index contributed by atoms with van der Waals surface area (Å²) in [5.41, 5.74) is -0.559. The molecule has 4 nitrogen and oxygen atoms in total. The van der Waals surface area contributed by atoms with Crippen LogP contribution in [0.25, 0.3) is 0 Å². The number of carbonyl (C=O) groups is 2. The number of carbonyl (C=O) groups excluding carboxylic acids is 2. The van der Waals surface area contributed by atoms with Crippen molar-refractivity contribution in [2.75, 3.05) is 6.54 Å². The molecule has 0 N–H and O–H groups in total. The van der Waals surface area contributed by atoms with Crippen LogP contribution in [0.2, 0.25) is 0 Å². The van der Waals surface area contributed by atoms with Crippen molar-refractivity contribution in [1.29, 1.82) is 0 Å². The van der Waals surface area contributed by atoms with Gasteiger partial charge in [-0.2, -0.15) is 0 Å². The molecule has 0 radical (unpaired) electrons. The summed E-state index contributed by atoms with van der Waals surface area (Å²) in [6, 6.07) is -0.394. The van der Waals surface area contributed by atoms with E-state index in [1.165, 1.54) is 0 Å². The average molecular weight is 269 g/mol. The highest BCUT2D eigenvalue weighted by atomic mass is 16.6. The predicted octanol–water partition coefficient (Wildman–Crippen LogP) is 2.76. The zero-order valence-electron chi connectivity index (χ0n) is 13.1. The molecule has 1 fully saturated rings. The first-order valence-corrected chi connectivity index (χ1v) is 7.02. The second-order valence-electron chi connectivity index (χ2n) is 7.52. The predicted molar refractivity (Wildman–Crippen MR) is 74.7 cm³/mol. The summed E-state index contributed by atoms with van der Waals surface area (Å²) in [5, 5.41) is 0. The number of ether oxygens (including phenoxy) is 1. The Balaban J connectivity index is 2.69. The smallest absolute Gasteiger partial charge is 0.329 e. The summed E-state index contributed by atoms with van der Waals surface area (Å²) in [5.74, 6) is -0.215. The molecular weight excluding hydrogens is 242 g/mol. The Morgan fingerprint density at radius 3 is 2.21 bits per heavy atom. The van der Waals surface area contributed by atoms with Gasteiger partial charge in [0.1, 0.15) is 11.6 Å². The Bertz CT molecular complexity index is 315. The maximum absolute atomic E-state index is 12.3. The molecule has 19 heavy (non-hydrogen) atoms. The van der Waals surface area contributed by atoms with E-state index >= 15 is 0 Å². The van der Waals surface area contributed by atoms with Crippen LogP contribution in [-0.2, 0) is 14.3 Å². The van der Waals surface area contributed by atoms with Gasteiger partial charge >= 0.3 is 5.97 Å². The fourth-order valence-corrected chi connectivity index (χ4v) is 2.24. The first kappa shape index (κ1) is 16.0. The Morgan fingerprint density at radius 2 is 1.74 bits per heavy atom. The van der Waals surface area contributed by atoms with Crippen molar-refractivity contribution in [2.24, 2.45) is 5.41 Å². The standard InChI is InChI=1S/C15H27NO3/c1-14(2,3)10-12(17)16-9-7-8-11(16)13(18)19-15(4,5)6/h11H,7-10H2,1-6H3/t11-/m1/s1. The summed E-state index contributed by atoms with van der Waals surface area (Å²) >= 11 is 0. The van der Waals surface area contributed by atoms with E-state index in [0.29, 0.717) is 19.4 Å². The van der Waals surface area contributed by atoms with E-state index < -0.39 is 11.6 Å². The van der Waals surface area contributed by atoms with Crippen LogP contribution in [0.15, 0.2) is 0 Å². The number of likely N-dealkylation sites (tertiary alicyclic amines) is 1. The highest BCUT2D eigenvalue weighted by molar-refractivity contribution is 5.85. The molecule has 1 saturated heterocycles. The number of amides is 1. The number of hydrogen-bond donors (Lipinski definition) is 0. The van der Waals surface area contributed by atoms with Gasteiger partial charge in [0.05, 0.1) is 0 Å². The van der Waals surface area contributed by atoms with E-state index in [4.69, 9.17) is 4.74 Å². The average Bonchev–Trinajstić information content (AvgIpc) is 2.59. The highest BCUT2D eigenvalue weighted by Crippen LogP contribution is 2.26. The highest BCUT2D eigenvalue weighted by Gasteiger charge is 2.37. The van der Waals surface area contributed by atoms with Gasteiger partial charge in [0, 0.05) is 13.0 Å². The molecule has 1 amide bonds. The molecule has 1 aliphatic heterocycles. The molecular formula is C15H27NO3. The Labute approximate surface area is 116 Å². The molecule has 1 aliphatic rings. The van der Waals surface area contributed by atoms with Crippen LogP contribution in [0.3, 0.4) is 0 Å². The minimum absolute atomic E-state index is 0.0564. The molecule has 4 heteroatoms. The first-order valence-electron chi connectivity index (χ1n) is 7.02. The largest absolute Gasteiger partial charge is 0.458 e. The van der Waals surface area contributed by atoms with Crippen LogP contribution in [0.5, 0.6) is 0 Å². The van der Waals surface area contributed by atoms with Crippen molar-refractivity contribution in [2.45, 2.75) is 72.4 Å². The number of hydrogen-bond acceptors (Lipinski definition) is 3. The second kappa shape index (κ2) is 5.51. The van der Waals surface area contributed by atoms with Crippen LogP contribution < -0.4 is 0 Å². The van der Waals surface area contributed by atoms with Crippen molar-refractivity contribution < 1.29 is 14.3 Å². The van der Waals surface area contributed by atoms with Gasteiger partial charge in [-0.05, 0) is 39.0 Å². The molecule has 0 spiro atoms.